The summed E-state index contributed by atoms with van der Waals surface area (Å²) >= 11 is 0. The first-order valence-corrected chi connectivity index (χ1v) is 5.93. The van der Waals surface area contributed by atoms with Gasteiger partial charge in [-0.25, -0.2) is 0 Å². The molecule has 92 valence electrons. The van der Waals surface area contributed by atoms with Crippen molar-refractivity contribution in [1.82, 2.24) is 4.90 Å². The van der Waals surface area contributed by atoms with E-state index in [0.717, 1.165) is 18.7 Å². The van der Waals surface area contributed by atoms with Crippen LogP contribution in [-0.4, -0.2) is 42.7 Å². The molecule has 4 heteroatoms. The number of rotatable bonds is 3. The van der Waals surface area contributed by atoms with Crippen LogP contribution in [0.3, 0.4) is 0 Å². The van der Waals surface area contributed by atoms with Gasteiger partial charge >= 0.3 is 0 Å². The van der Waals surface area contributed by atoms with E-state index in [1.807, 2.05) is 36.2 Å². The van der Waals surface area contributed by atoms with Crippen LogP contribution in [0.25, 0.3) is 0 Å². The molecule has 1 heterocycles. The molecule has 17 heavy (non-hydrogen) atoms. The zero-order chi connectivity index (χ0) is 12.3. The van der Waals surface area contributed by atoms with Crippen LogP contribution in [-0.2, 0) is 0 Å². The van der Waals surface area contributed by atoms with Crippen LogP contribution in [0.4, 0.5) is 5.69 Å². The van der Waals surface area contributed by atoms with E-state index in [-0.39, 0.29) is 18.4 Å². The minimum absolute atomic E-state index is 0.0471. The van der Waals surface area contributed by atoms with Crippen LogP contribution in [0.5, 0.6) is 0 Å². The average Bonchev–Trinajstić information content (AvgIpc) is 2.86. The molecular weight excluding hydrogens is 216 g/mol. The smallest absolute Gasteiger partial charge is 0.255 e. The van der Waals surface area contributed by atoms with E-state index >= 15 is 0 Å². The van der Waals surface area contributed by atoms with E-state index in [4.69, 9.17) is 5.11 Å². The van der Waals surface area contributed by atoms with Gasteiger partial charge in [-0.15, -0.1) is 0 Å². The van der Waals surface area contributed by atoms with Gasteiger partial charge in [0.25, 0.3) is 5.91 Å². The van der Waals surface area contributed by atoms with E-state index in [1.165, 1.54) is 0 Å². The summed E-state index contributed by atoms with van der Waals surface area (Å²) in [5.41, 5.74) is 1.55. The second kappa shape index (κ2) is 5.19. The molecule has 1 aliphatic heterocycles. The maximum Gasteiger partial charge on any atom is 0.255 e. The van der Waals surface area contributed by atoms with E-state index in [1.54, 1.807) is 0 Å². The van der Waals surface area contributed by atoms with Crippen molar-refractivity contribution in [1.29, 1.82) is 0 Å². The molecule has 0 spiro atoms. The third-order valence-electron chi connectivity index (χ3n) is 3.26. The maximum atomic E-state index is 12.3. The predicted molar refractivity (Wildman–Crippen MR) is 67.1 cm³/mol. The van der Waals surface area contributed by atoms with Crippen LogP contribution >= 0.6 is 0 Å². The predicted octanol–water partition coefficient (Wildman–Crippen LogP) is 1.18. The highest BCUT2D eigenvalue weighted by atomic mass is 16.3. The Hall–Kier alpha value is -1.55. The number of nitrogens with zero attached hydrogens (tertiary/aromatic N) is 1. The molecule has 1 unspecified atom stereocenters. The normalized spacial score (nSPS) is 19.4. The molecule has 1 aliphatic rings. The topological polar surface area (TPSA) is 52.6 Å². The fourth-order valence-corrected chi connectivity index (χ4v) is 2.22. The van der Waals surface area contributed by atoms with E-state index in [0.29, 0.717) is 12.1 Å². The summed E-state index contributed by atoms with van der Waals surface area (Å²) in [6.07, 6.45) is 0.893. The minimum Gasteiger partial charge on any atom is -0.396 e. The minimum atomic E-state index is 0.0471. The molecule has 4 nitrogen and oxygen atoms in total. The van der Waals surface area contributed by atoms with Gasteiger partial charge in [-0.1, -0.05) is 12.1 Å². The number of benzene rings is 1. The van der Waals surface area contributed by atoms with Gasteiger partial charge in [-0.2, -0.15) is 0 Å². The largest absolute Gasteiger partial charge is 0.396 e. The summed E-state index contributed by atoms with van der Waals surface area (Å²) in [6, 6.07) is 7.50. The Kier molecular flexibility index (Phi) is 3.64. The lowest BCUT2D eigenvalue weighted by Gasteiger charge is -2.18. The van der Waals surface area contributed by atoms with Crippen molar-refractivity contribution in [3.63, 3.8) is 0 Å². The van der Waals surface area contributed by atoms with Gasteiger partial charge < -0.3 is 15.3 Å². The number of aliphatic hydroxyl groups is 1. The van der Waals surface area contributed by atoms with Crippen LogP contribution in [0.1, 0.15) is 16.8 Å². The van der Waals surface area contributed by atoms with Crippen LogP contribution in [0.15, 0.2) is 24.3 Å². The van der Waals surface area contributed by atoms with Crippen LogP contribution in [0, 0.1) is 5.92 Å². The molecule has 1 atom stereocenters. The zero-order valence-corrected chi connectivity index (χ0v) is 10.0. The first-order valence-electron chi connectivity index (χ1n) is 5.93. The van der Waals surface area contributed by atoms with Crippen molar-refractivity contribution in [3.05, 3.63) is 29.8 Å². The average molecular weight is 234 g/mol. The molecule has 0 bridgehead atoms. The van der Waals surface area contributed by atoms with Crippen LogP contribution < -0.4 is 5.32 Å². The molecule has 2 N–H and O–H groups in total. The monoisotopic (exact) mass is 234 g/mol. The molecule has 1 fully saturated rings. The lowest BCUT2D eigenvalue weighted by molar-refractivity contribution is 0.0783. The Morgan fingerprint density at radius 3 is 2.94 bits per heavy atom. The summed E-state index contributed by atoms with van der Waals surface area (Å²) in [5, 5.41) is 12.1. The van der Waals surface area contributed by atoms with Crippen molar-refractivity contribution in [2.75, 3.05) is 32.1 Å². The number of anilines is 1. The second-order valence-corrected chi connectivity index (χ2v) is 4.38. The van der Waals surface area contributed by atoms with Gasteiger partial charge in [0, 0.05) is 38.3 Å². The number of carbonyl (C=O) groups excluding carboxylic acids is 1. The summed E-state index contributed by atoms with van der Waals surface area (Å²) in [6.45, 7) is 1.56. The van der Waals surface area contributed by atoms with Gasteiger partial charge in [0.2, 0.25) is 0 Å². The SMILES string of the molecule is CNc1ccccc1C(=O)N1CCC(CO)C1. The van der Waals surface area contributed by atoms with Gasteiger partial charge in [-0.05, 0) is 18.6 Å². The quantitative estimate of drug-likeness (QED) is 0.825. The third-order valence-corrected chi connectivity index (χ3v) is 3.26. The molecule has 1 aromatic carbocycles. The lowest BCUT2D eigenvalue weighted by atomic mass is 10.1. The number of nitrogens with one attached hydrogen (secondary N) is 1. The number of carbonyl (C=O) groups is 1. The number of aliphatic hydroxyl groups excluding tert-OH is 1. The number of hydrogen-bond acceptors (Lipinski definition) is 3. The van der Waals surface area contributed by atoms with Crippen LogP contribution in [0.2, 0.25) is 0 Å². The zero-order valence-electron chi connectivity index (χ0n) is 10.0. The fraction of sp³-hybridized carbons (Fsp3) is 0.462. The Bertz CT molecular complexity index is 406. The highest BCUT2D eigenvalue weighted by Gasteiger charge is 2.27. The number of hydrogen-bond donors (Lipinski definition) is 2. The summed E-state index contributed by atoms with van der Waals surface area (Å²) in [7, 11) is 1.81. The second-order valence-electron chi connectivity index (χ2n) is 4.38. The lowest BCUT2D eigenvalue weighted by Crippen LogP contribution is -2.29. The number of para-hydroxylation sites is 1. The molecule has 1 saturated heterocycles. The Labute approximate surface area is 101 Å². The van der Waals surface area contributed by atoms with Crippen molar-refractivity contribution < 1.29 is 9.90 Å². The van der Waals surface area contributed by atoms with Crippen molar-refractivity contribution >= 4 is 11.6 Å². The summed E-state index contributed by atoms with van der Waals surface area (Å²) in [5.74, 6) is 0.284. The van der Waals surface area contributed by atoms with Gasteiger partial charge in [-0.3, -0.25) is 4.79 Å². The molecule has 0 saturated carbocycles. The van der Waals surface area contributed by atoms with Crippen molar-refractivity contribution in [2.24, 2.45) is 5.92 Å². The Morgan fingerprint density at radius 1 is 1.53 bits per heavy atom. The van der Waals surface area contributed by atoms with E-state index in [2.05, 4.69) is 5.32 Å². The highest BCUT2D eigenvalue weighted by Crippen LogP contribution is 2.21. The molecule has 0 aliphatic carbocycles. The van der Waals surface area contributed by atoms with Crippen molar-refractivity contribution in [2.45, 2.75) is 6.42 Å². The standard InChI is InChI=1S/C13H18N2O2/c1-14-12-5-3-2-4-11(12)13(17)15-7-6-10(8-15)9-16/h2-5,10,14,16H,6-9H2,1H3. The maximum absolute atomic E-state index is 12.3. The fourth-order valence-electron chi connectivity index (χ4n) is 2.22. The van der Waals surface area contributed by atoms with E-state index < -0.39 is 0 Å². The molecule has 1 amide bonds. The molecule has 1 aromatic rings. The van der Waals surface area contributed by atoms with Gasteiger partial charge in [0.05, 0.1) is 5.56 Å². The molecule has 0 aromatic heterocycles. The first-order chi connectivity index (χ1) is 8.26. The molecule has 2 rings (SSSR count). The number of amides is 1. The summed E-state index contributed by atoms with van der Waals surface area (Å²) < 4.78 is 0. The first kappa shape index (κ1) is 11.9. The van der Waals surface area contributed by atoms with Crippen molar-refractivity contribution in [3.8, 4) is 0 Å². The van der Waals surface area contributed by atoms with Gasteiger partial charge in [0.15, 0.2) is 0 Å². The Balaban J connectivity index is 2.15. The number of likely N-dealkylation sites (tertiary alicyclic amines) is 1. The highest BCUT2D eigenvalue weighted by molar-refractivity contribution is 5.99. The Morgan fingerprint density at radius 2 is 2.29 bits per heavy atom. The summed E-state index contributed by atoms with van der Waals surface area (Å²) in [4.78, 5) is 14.1. The molecular formula is C13H18N2O2. The van der Waals surface area contributed by atoms with Gasteiger partial charge in [0.1, 0.15) is 0 Å². The van der Waals surface area contributed by atoms with E-state index in [9.17, 15) is 4.79 Å². The molecule has 0 radical (unpaired) electrons. The third kappa shape index (κ3) is 2.42.